The lowest BCUT2D eigenvalue weighted by molar-refractivity contribution is 0.0722. The molecular weight excluding hydrogens is 188 g/mol. The summed E-state index contributed by atoms with van der Waals surface area (Å²) in [5.74, 6) is 0. The Morgan fingerprint density at radius 1 is 1.33 bits per heavy atom. The number of likely N-dealkylation sites (N-methyl/N-ethyl adjacent to an activating group) is 1. The van der Waals surface area contributed by atoms with Crippen molar-refractivity contribution in [3.05, 3.63) is 0 Å². The fraction of sp³-hybridized carbons (Fsp3) is 1.00. The second-order valence-corrected chi connectivity index (χ2v) is 4.36. The Morgan fingerprint density at radius 2 is 2.20 bits per heavy atom. The molecule has 90 valence electrons. The highest BCUT2D eigenvalue weighted by atomic mass is 16.5. The first-order valence-corrected chi connectivity index (χ1v) is 6.35. The quantitative estimate of drug-likeness (QED) is 0.650. The number of rotatable bonds is 7. The van der Waals surface area contributed by atoms with Crippen LogP contribution in [0, 0.1) is 0 Å². The van der Waals surface area contributed by atoms with E-state index in [2.05, 4.69) is 17.1 Å². The summed E-state index contributed by atoms with van der Waals surface area (Å²) in [4.78, 5) is 2.58. The zero-order chi connectivity index (χ0) is 10.9. The molecule has 1 saturated heterocycles. The van der Waals surface area contributed by atoms with E-state index >= 15 is 0 Å². The second kappa shape index (κ2) is 8.08. The van der Waals surface area contributed by atoms with E-state index in [0.717, 1.165) is 38.8 Å². The number of nitrogens with one attached hydrogen (secondary N) is 1. The number of hydrogen-bond donors (Lipinski definition) is 1. The summed E-state index contributed by atoms with van der Waals surface area (Å²) in [6.07, 6.45) is 5.21. The molecule has 1 aliphatic rings. The van der Waals surface area contributed by atoms with Gasteiger partial charge in [0.15, 0.2) is 0 Å². The lowest BCUT2D eigenvalue weighted by Gasteiger charge is -2.35. The maximum Gasteiger partial charge on any atom is 0.0593 e. The topological polar surface area (TPSA) is 24.5 Å². The van der Waals surface area contributed by atoms with Crippen molar-refractivity contribution in [3.63, 3.8) is 0 Å². The fourth-order valence-electron chi connectivity index (χ4n) is 2.25. The van der Waals surface area contributed by atoms with Gasteiger partial charge < -0.3 is 10.1 Å². The Bertz CT molecular complexity index is 151. The van der Waals surface area contributed by atoms with E-state index in [0.29, 0.717) is 0 Å². The minimum absolute atomic E-state index is 0.731. The van der Waals surface area contributed by atoms with Crippen LogP contribution in [0.3, 0.4) is 0 Å². The lowest BCUT2D eigenvalue weighted by Crippen LogP contribution is -2.46. The largest absolute Gasteiger partial charge is 0.380 e. The van der Waals surface area contributed by atoms with Gasteiger partial charge in [-0.15, -0.1) is 0 Å². The van der Waals surface area contributed by atoms with Crippen LogP contribution in [0.1, 0.15) is 32.6 Å². The normalized spacial score (nSPS) is 23.2. The molecule has 0 aromatic heterocycles. The summed E-state index contributed by atoms with van der Waals surface area (Å²) in [5.41, 5.74) is 0. The molecule has 3 heteroatoms. The molecule has 3 nitrogen and oxygen atoms in total. The second-order valence-electron chi connectivity index (χ2n) is 4.36. The van der Waals surface area contributed by atoms with Gasteiger partial charge in [-0.05, 0) is 32.9 Å². The third-order valence-electron chi connectivity index (χ3n) is 3.06. The predicted molar refractivity (Wildman–Crippen MR) is 64.2 cm³/mol. The Morgan fingerprint density at radius 3 is 2.93 bits per heavy atom. The van der Waals surface area contributed by atoms with Crippen LogP contribution in [0.15, 0.2) is 0 Å². The smallest absolute Gasteiger partial charge is 0.0593 e. The molecule has 1 aliphatic heterocycles. The summed E-state index contributed by atoms with van der Waals surface area (Å²) in [6.45, 7) is 7.44. The highest BCUT2D eigenvalue weighted by Gasteiger charge is 2.20. The van der Waals surface area contributed by atoms with E-state index in [-0.39, 0.29) is 0 Å². The van der Waals surface area contributed by atoms with Gasteiger partial charge in [-0.3, -0.25) is 4.90 Å². The van der Waals surface area contributed by atoms with Crippen molar-refractivity contribution < 1.29 is 4.74 Å². The first-order chi connectivity index (χ1) is 7.38. The molecule has 1 atom stereocenters. The Labute approximate surface area is 94.2 Å². The minimum Gasteiger partial charge on any atom is -0.380 e. The van der Waals surface area contributed by atoms with Crippen LogP contribution in [0.4, 0.5) is 0 Å². The maximum absolute atomic E-state index is 5.55. The number of hydrogen-bond acceptors (Lipinski definition) is 3. The zero-order valence-electron chi connectivity index (χ0n) is 10.3. The van der Waals surface area contributed by atoms with Crippen LogP contribution in [-0.2, 0) is 4.74 Å². The van der Waals surface area contributed by atoms with E-state index in [4.69, 9.17) is 4.74 Å². The number of likely N-dealkylation sites (tertiary alicyclic amines) is 1. The maximum atomic E-state index is 5.55. The zero-order valence-corrected chi connectivity index (χ0v) is 10.3. The minimum atomic E-state index is 0.731. The Balaban J connectivity index is 2.17. The first-order valence-electron chi connectivity index (χ1n) is 6.35. The first kappa shape index (κ1) is 12.9. The van der Waals surface area contributed by atoms with Crippen LogP contribution < -0.4 is 5.32 Å². The summed E-state index contributed by atoms with van der Waals surface area (Å²) in [7, 11) is 2.04. The summed E-state index contributed by atoms with van der Waals surface area (Å²) >= 11 is 0. The van der Waals surface area contributed by atoms with Crippen molar-refractivity contribution >= 4 is 0 Å². The van der Waals surface area contributed by atoms with Gasteiger partial charge in [0.2, 0.25) is 0 Å². The van der Waals surface area contributed by atoms with E-state index in [1.54, 1.807) is 0 Å². The van der Waals surface area contributed by atoms with Gasteiger partial charge in [0.25, 0.3) is 0 Å². The van der Waals surface area contributed by atoms with Gasteiger partial charge in [-0.1, -0.05) is 13.3 Å². The summed E-state index contributed by atoms with van der Waals surface area (Å²) in [6, 6.07) is 0.731. The molecule has 0 radical (unpaired) electrons. The van der Waals surface area contributed by atoms with E-state index in [1.165, 1.54) is 25.8 Å². The molecule has 0 spiro atoms. The molecule has 0 amide bonds. The standard InChI is InChI=1S/C12H26N2O/c1-3-9-15-10-8-14-7-5-4-6-12(14)11-13-2/h12-13H,3-11H2,1-2H3. The van der Waals surface area contributed by atoms with Crippen molar-refractivity contribution in [2.75, 3.05) is 39.9 Å². The molecule has 0 aromatic rings. The van der Waals surface area contributed by atoms with E-state index in [1.807, 2.05) is 7.05 Å². The SMILES string of the molecule is CCCOCCN1CCCCC1CNC. The number of ether oxygens (including phenoxy) is 1. The third-order valence-corrected chi connectivity index (χ3v) is 3.06. The predicted octanol–water partition coefficient (Wildman–Crippen LogP) is 1.49. The Kier molecular flexibility index (Phi) is 6.98. The summed E-state index contributed by atoms with van der Waals surface area (Å²) in [5, 5.41) is 3.29. The molecular formula is C12H26N2O. The fourth-order valence-corrected chi connectivity index (χ4v) is 2.25. The molecule has 0 bridgehead atoms. The van der Waals surface area contributed by atoms with Crippen molar-refractivity contribution in [3.8, 4) is 0 Å². The molecule has 1 unspecified atom stereocenters. The van der Waals surface area contributed by atoms with Gasteiger partial charge in [-0.25, -0.2) is 0 Å². The van der Waals surface area contributed by atoms with Crippen LogP contribution >= 0.6 is 0 Å². The third kappa shape index (κ3) is 4.96. The van der Waals surface area contributed by atoms with Crippen LogP contribution in [0.5, 0.6) is 0 Å². The van der Waals surface area contributed by atoms with Crippen molar-refractivity contribution in [1.82, 2.24) is 10.2 Å². The van der Waals surface area contributed by atoms with Crippen LogP contribution in [0.25, 0.3) is 0 Å². The van der Waals surface area contributed by atoms with Gasteiger partial charge in [0.1, 0.15) is 0 Å². The van der Waals surface area contributed by atoms with Crippen LogP contribution in [0.2, 0.25) is 0 Å². The summed E-state index contributed by atoms with van der Waals surface area (Å²) < 4.78 is 5.55. The monoisotopic (exact) mass is 214 g/mol. The molecule has 0 aromatic carbocycles. The molecule has 1 rings (SSSR count). The lowest BCUT2D eigenvalue weighted by atomic mass is 10.0. The van der Waals surface area contributed by atoms with Gasteiger partial charge in [-0.2, -0.15) is 0 Å². The number of piperidine rings is 1. The molecule has 0 saturated carbocycles. The van der Waals surface area contributed by atoms with Crippen molar-refractivity contribution in [2.24, 2.45) is 0 Å². The number of nitrogens with zero attached hydrogens (tertiary/aromatic N) is 1. The molecule has 1 fully saturated rings. The highest BCUT2D eigenvalue weighted by Crippen LogP contribution is 2.15. The molecule has 0 aliphatic carbocycles. The van der Waals surface area contributed by atoms with Crippen LogP contribution in [-0.4, -0.2) is 50.8 Å². The Hall–Kier alpha value is -0.120. The van der Waals surface area contributed by atoms with Crippen molar-refractivity contribution in [2.45, 2.75) is 38.6 Å². The van der Waals surface area contributed by atoms with Gasteiger partial charge in [0.05, 0.1) is 6.61 Å². The highest BCUT2D eigenvalue weighted by molar-refractivity contribution is 4.77. The van der Waals surface area contributed by atoms with Gasteiger partial charge >= 0.3 is 0 Å². The molecule has 1 heterocycles. The molecule has 15 heavy (non-hydrogen) atoms. The van der Waals surface area contributed by atoms with Crippen molar-refractivity contribution in [1.29, 1.82) is 0 Å². The van der Waals surface area contributed by atoms with Gasteiger partial charge in [0, 0.05) is 25.7 Å². The average molecular weight is 214 g/mol. The van der Waals surface area contributed by atoms with E-state index < -0.39 is 0 Å². The molecule has 1 N–H and O–H groups in total. The average Bonchev–Trinajstić information content (AvgIpc) is 2.27. The van der Waals surface area contributed by atoms with E-state index in [9.17, 15) is 0 Å².